The molecule has 0 atom stereocenters. The van der Waals surface area contributed by atoms with Gasteiger partial charge in [0.1, 0.15) is 0 Å². The van der Waals surface area contributed by atoms with Gasteiger partial charge in [-0.25, -0.2) is 0 Å². The van der Waals surface area contributed by atoms with E-state index in [-0.39, 0.29) is 0 Å². The van der Waals surface area contributed by atoms with Gasteiger partial charge in [-0.05, 0) is 28.7 Å². The molecule has 0 bridgehead atoms. The number of hydrogen-bond acceptors (Lipinski definition) is 2. The molecule has 0 radical (unpaired) electrons. The van der Waals surface area contributed by atoms with Crippen LogP contribution in [-0.4, -0.2) is 12.5 Å². The molecule has 88 valence electrons. The molecule has 0 saturated heterocycles. The number of nitrogens with zero attached hydrogens (tertiary/aromatic N) is 3. The van der Waals surface area contributed by atoms with E-state index in [0.29, 0.717) is 19.6 Å². The largest absolute Gasteiger partial charge is 0.376 e. The first kappa shape index (κ1) is 13.0. The minimum Gasteiger partial charge on any atom is -0.376 e. The Labute approximate surface area is 99.3 Å². The fourth-order valence-corrected chi connectivity index (χ4v) is 1.18. The molecule has 1 aromatic rings. The van der Waals surface area contributed by atoms with Crippen LogP contribution in [0.15, 0.2) is 47.6 Å². The van der Waals surface area contributed by atoms with Gasteiger partial charge in [-0.1, -0.05) is 36.4 Å². The molecule has 0 aliphatic heterocycles. The van der Waals surface area contributed by atoms with Gasteiger partial charge in [0.25, 0.3) is 0 Å². The number of carbonyl (C=O) groups is 1. The van der Waals surface area contributed by atoms with Gasteiger partial charge in [0.05, 0.1) is 13.2 Å². The molecule has 0 heterocycles. The van der Waals surface area contributed by atoms with Gasteiger partial charge >= 0.3 is 0 Å². The van der Waals surface area contributed by atoms with Gasteiger partial charge < -0.3 is 4.74 Å². The van der Waals surface area contributed by atoms with Crippen LogP contribution in [-0.2, 0) is 16.1 Å². The topological polar surface area (TPSA) is 75.1 Å². The molecule has 0 aliphatic carbocycles. The van der Waals surface area contributed by atoms with Gasteiger partial charge in [0, 0.05) is 4.91 Å². The Hall–Kier alpha value is -2.10. The molecule has 0 N–H and O–H groups in total. The molecule has 0 unspecified atom stereocenters. The normalized spacial score (nSPS) is 10.1. The van der Waals surface area contributed by atoms with Crippen LogP contribution >= 0.6 is 0 Å². The second kappa shape index (κ2) is 8.10. The number of ether oxygens (including phenoxy) is 1. The molecule has 5 heteroatoms. The van der Waals surface area contributed by atoms with Crippen molar-refractivity contribution >= 4 is 5.91 Å². The SMILES string of the molecule is [N-]=[N+]=NC(=O)/C=C\CCOCc1ccccc1. The highest BCUT2D eigenvalue weighted by Crippen LogP contribution is 2.00. The van der Waals surface area contributed by atoms with Crippen molar-refractivity contribution in [3.05, 3.63) is 58.5 Å². The molecule has 0 spiro atoms. The highest BCUT2D eigenvalue weighted by molar-refractivity contribution is 5.88. The first-order valence-electron chi connectivity index (χ1n) is 5.20. The quantitative estimate of drug-likeness (QED) is 0.248. The number of azide groups is 1. The Morgan fingerprint density at radius 2 is 2.18 bits per heavy atom. The van der Waals surface area contributed by atoms with Crippen molar-refractivity contribution in [2.75, 3.05) is 6.61 Å². The van der Waals surface area contributed by atoms with Crippen LogP contribution < -0.4 is 0 Å². The first-order valence-corrected chi connectivity index (χ1v) is 5.20. The molecule has 0 fully saturated rings. The summed E-state index contributed by atoms with van der Waals surface area (Å²) in [5, 5.41) is 2.90. The van der Waals surface area contributed by atoms with Gasteiger partial charge in [-0.15, -0.1) is 0 Å². The van der Waals surface area contributed by atoms with Crippen molar-refractivity contribution in [3.63, 3.8) is 0 Å². The third kappa shape index (κ3) is 6.14. The van der Waals surface area contributed by atoms with Gasteiger partial charge in [-0.3, -0.25) is 4.79 Å². The van der Waals surface area contributed by atoms with Crippen LogP contribution in [0.25, 0.3) is 10.4 Å². The van der Waals surface area contributed by atoms with Gasteiger partial charge in [-0.2, -0.15) is 0 Å². The maximum Gasteiger partial charge on any atom is 0.241 e. The van der Waals surface area contributed by atoms with Crippen molar-refractivity contribution in [3.8, 4) is 0 Å². The van der Waals surface area contributed by atoms with Gasteiger partial charge in [0.2, 0.25) is 5.91 Å². The lowest BCUT2D eigenvalue weighted by Crippen LogP contribution is -1.94. The predicted molar refractivity (Wildman–Crippen MR) is 64.0 cm³/mol. The summed E-state index contributed by atoms with van der Waals surface area (Å²) in [7, 11) is 0. The number of carbonyl (C=O) groups excluding carboxylic acids is 1. The number of hydrogen-bond donors (Lipinski definition) is 0. The molecule has 0 aliphatic rings. The predicted octanol–water partition coefficient (Wildman–Crippen LogP) is 2.99. The van der Waals surface area contributed by atoms with Crippen LogP contribution in [0.1, 0.15) is 12.0 Å². The summed E-state index contributed by atoms with van der Waals surface area (Å²) in [6, 6.07) is 9.84. The summed E-state index contributed by atoms with van der Waals surface area (Å²) in [5.41, 5.74) is 9.10. The lowest BCUT2D eigenvalue weighted by molar-refractivity contribution is -0.113. The second-order valence-electron chi connectivity index (χ2n) is 3.26. The third-order valence-corrected chi connectivity index (χ3v) is 1.94. The lowest BCUT2D eigenvalue weighted by atomic mass is 10.2. The van der Waals surface area contributed by atoms with Gasteiger partial charge in [0.15, 0.2) is 0 Å². The molecular formula is C12H13N3O2. The van der Waals surface area contributed by atoms with Crippen LogP contribution in [0.4, 0.5) is 0 Å². The molecule has 1 rings (SSSR count). The van der Waals surface area contributed by atoms with Crippen LogP contribution in [0.3, 0.4) is 0 Å². The average molecular weight is 231 g/mol. The van der Waals surface area contributed by atoms with Crippen molar-refractivity contribution < 1.29 is 9.53 Å². The summed E-state index contributed by atoms with van der Waals surface area (Å²) < 4.78 is 5.40. The fraction of sp³-hybridized carbons (Fsp3) is 0.250. The fourth-order valence-electron chi connectivity index (χ4n) is 1.18. The molecule has 0 saturated carbocycles. The Morgan fingerprint density at radius 3 is 2.88 bits per heavy atom. The van der Waals surface area contributed by atoms with Crippen molar-refractivity contribution in [1.82, 2.24) is 0 Å². The molecule has 0 aromatic heterocycles. The van der Waals surface area contributed by atoms with Crippen molar-refractivity contribution in [2.24, 2.45) is 5.11 Å². The summed E-state index contributed by atoms with van der Waals surface area (Å²) >= 11 is 0. The summed E-state index contributed by atoms with van der Waals surface area (Å²) in [6.45, 7) is 1.08. The third-order valence-electron chi connectivity index (χ3n) is 1.94. The van der Waals surface area contributed by atoms with E-state index in [0.717, 1.165) is 5.56 Å². The number of rotatable bonds is 6. The molecule has 17 heavy (non-hydrogen) atoms. The number of benzene rings is 1. The van der Waals surface area contributed by atoms with E-state index < -0.39 is 5.91 Å². The Balaban J connectivity index is 2.13. The van der Waals surface area contributed by atoms with Crippen LogP contribution in [0, 0.1) is 0 Å². The van der Waals surface area contributed by atoms with E-state index in [4.69, 9.17) is 10.3 Å². The molecule has 1 amide bonds. The molecule has 5 nitrogen and oxygen atoms in total. The standard InChI is InChI=1S/C12H13N3O2/c13-15-14-12(16)8-4-5-9-17-10-11-6-2-1-3-7-11/h1-4,6-8H,5,9-10H2/b8-4-. The maximum atomic E-state index is 10.7. The van der Waals surface area contributed by atoms with Crippen molar-refractivity contribution in [1.29, 1.82) is 0 Å². The zero-order valence-corrected chi connectivity index (χ0v) is 9.32. The lowest BCUT2D eigenvalue weighted by Gasteiger charge is -2.01. The summed E-state index contributed by atoms with van der Waals surface area (Å²) in [4.78, 5) is 13.1. The van der Waals surface area contributed by atoms with E-state index >= 15 is 0 Å². The highest BCUT2D eigenvalue weighted by Gasteiger charge is 1.91. The summed E-state index contributed by atoms with van der Waals surface area (Å²) in [5.74, 6) is -0.587. The van der Waals surface area contributed by atoms with Crippen LogP contribution in [0.2, 0.25) is 0 Å². The zero-order chi connectivity index (χ0) is 12.3. The Bertz CT molecular complexity index is 423. The van der Waals surface area contributed by atoms with E-state index in [1.807, 2.05) is 30.3 Å². The Morgan fingerprint density at radius 1 is 1.41 bits per heavy atom. The number of amides is 1. The monoisotopic (exact) mass is 231 g/mol. The molecular weight excluding hydrogens is 218 g/mol. The minimum absolute atomic E-state index is 0.523. The summed E-state index contributed by atoms with van der Waals surface area (Å²) in [6.07, 6.45) is 3.48. The second-order valence-corrected chi connectivity index (χ2v) is 3.26. The van der Waals surface area contributed by atoms with Crippen LogP contribution in [0.5, 0.6) is 0 Å². The van der Waals surface area contributed by atoms with E-state index in [1.165, 1.54) is 6.08 Å². The smallest absolute Gasteiger partial charge is 0.241 e. The van der Waals surface area contributed by atoms with E-state index in [2.05, 4.69) is 10.0 Å². The highest BCUT2D eigenvalue weighted by atomic mass is 16.5. The van der Waals surface area contributed by atoms with E-state index in [9.17, 15) is 4.79 Å². The minimum atomic E-state index is -0.587. The zero-order valence-electron chi connectivity index (χ0n) is 9.32. The van der Waals surface area contributed by atoms with E-state index in [1.54, 1.807) is 6.08 Å². The molecule has 1 aromatic carbocycles. The average Bonchev–Trinajstić information content (AvgIpc) is 2.35. The maximum absolute atomic E-state index is 10.7. The van der Waals surface area contributed by atoms with Crippen molar-refractivity contribution in [2.45, 2.75) is 13.0 Å². The Kier molecular flexibility index (Phi) is 6.18. The first-order chi connectivity index (χ1) is 8.33.